The maximum absolute atomic E-state index is 2.20. The van der Waals surface area contributed by atoms with Gasteiger partial charge in [0, 0.05) is 0 Å². The number of rotatable bonds is 3. The van der Waals surface area contributed by atoms with Gasteiger partial charge in [0.2, 0.25) is 0 Å². The molecule has 0 rings (SSSR count). The fourth-order valence-electron chi connectivity index (χ4n) is 0.346. The molecule has 0 bridgehead atoms. The zero-order valence-electron chi connectivity index (χ0n) is 5.90. The van der Waals surface area contributed by atoms with Gasteiger partial charge in [0.15, 0.2) is 0 Å². The van der Waals surface area contributed by atoms with Crippen molar-refractivity contribution in [2.75, 3.05) is 5.75 Å². The first-order chi connectivity index (χ1) is 3.81. The van der Waals surface area contributed by atoms with E-state index in [1.165, 1.54) is 17.1 Å². The Morgan fingerprint density at radius 3 is 2.62 bits per heavy atom. The summed E-state index contributed by atoms with van der Waals surface area (Å²) in [5.74, 6) is 1.26. The van der Waals surface area contributed by atoms with Crippen molar-refractivity contribution in [2.24, 2.45) is 0 Å². The van der Waals surface area contributed by atoms with Crippen LogP contribution in [-0.4, -0.2) is 5.75 Å². The average Bonchev–Trinajstić information content (AvgIpc) is 1.83. The lowest BCUT2D eigenvalue weighted by atomic mass is 10.6. The van der Waals surface area contributed by atoms with E-state index in [1.807, 2.05) is 11.8 Å². The smallest absolute Gasteiger partial charge is 0.00261 e. The lowest BCUT2D eigenvalue weighted by Gasteiger charge is -1.94. The van der Waals surface area contributed by atoms with E-state index in [0.717, 1.165) is 0 Å². The maximum atomic E-state index is 2.20. The third kappa shape index (κ3) is 4.25. The van der Waals surface area contributed by atoms with E-state index in [-0.39, 0.29) is 0 Å². The third-order valence-electron chi connectivity index (χ3n) is 0.940. The van der Waals surface area contributed by atoms with Gasteiger partial charge in [0.05, 0.1) is 0 Å². The molecule has 0 amide bonds. The molecule has 0 aromatic carbocycles. The molecule has 0 aromatic rings. The highest BCUT2D eigenvalue weighted by molar-refractivity contribution is 8.03. The van der Waals surface area contributed by atoms with Gasteiger partial charge in [-0.2, -0.15) is 0 Å². The standard InChI is InChI=1S/C7H14S/c1-4-6-8-7(3)5-2/h5H,4,6H2,1-3H3. The van der Waals surface area contributed by atoms with E-state index >= 15 is 0 Å². The maximum Gasteiger partial charge on any atom is -0.00261 e. The molecule has 1 heteroatoms. The summed E-state index contributed by atoms with van der Waals surface area (Å²) >= 11 is 1.94. The summed E-state index contributed by atoms with van der Waals surface area (Å²) in [4.78, 5) is 1.44. The molecule has 0 saturated carbocycles. The second kappa shape index (κ2) is 5.23. The van der Waals surface area contributed by atoms with Gasteiger partial charge < -0.3 is 0 Å². The fraction of sp³-hybridized carbons (Fsp3) is 0.714. The summed E-state index contributed by atoms with van der Waals surface area (Å²) < 4.78 is 0. The van der Waals surface area contributed by atoms with E-state index in [4.69, 9.17) is 0 Å². The molecule has 48 valence electrons. The van der Waals surface area contributed by atoms with Crippen molar-refractivity contribution in [1.82, 2.24) is 0 Å². The molecule has 0 aliphatic heterocycles. The van der Waals surface area contributed by atoms with Crippen LogP contribution < -0.4 is 0 Å². The first kappa shape index (κ1) is 8.09. The number of thioether (sulfide) groups is 1. The molecule has 0 spiro atoms. The van der Waals surface area contributed by atoms with Crippen molar-refractivity contribution >= 4 is 11.8 Å². The van der Waals surface area contributed by atoms with E-state index < -0.39 is 0 Å². The van der Waals surface area contributed by atoms with Crippen molar-refractivity contribution in [3.8, 4) is 0 Å². The predicted molar refractivity (Wildman–Crippen MR) is 42.2 cm³/mol. The van der Waals surface area contributed by atoms with Crippen molar-refractivity contribution < 1.29 is 0 Å². The van der Waals surface area contributed by atoms with Crippen LogP contribution in [0.25, 0.3) is 0 Å². The first-order valence-corrected chi connectivity index (χ1v) is 4.05. The molecular weight excluding hydrogens is 116 g/mol. The van der Waals surface area contributed by atoms with E-state index in [9.17, 15) is 0 Å². The predicted octanol–water partition coefficient (Wildman–Crippen LogP) is 3.05. The average molecular weight is 130 g/mol. The quantitative estimate of drug-likeness (QED) is 0.566. The molecule has 0 nitrogen and oxygen atoms in total. The summed E-state index contributed by atoms with van der Waals surface area (Å²) in [6.07, 6.45) is 3.43. The van der Waals surface area contributed by atoms with Gasteiger partial charge in [0.1, 0.15) is 0 Å². The number of hydrogen-bond acceptors (Lipinski definition) is 1. The van der Waals surface area contributed by atoms with Crippen LogP contribution in [0, 0.1) is 0 Å². The number of hydrogen-bond donors (Lipinski definition) is 0. The molecule has 0 saturated heterocycles. The van der Waals surface area contributed by atoms with Crippen LogP contribution in [0.2, 0.25) is 0 Å². The SMILES string of the molecule is CC=C(C)SCCC. The Hall–Kier alpha value is 0.0900. The number of allylic oxidation sites excluding steroid dienone is 2. The molecule has 0 heterocycles. The minimum Gasteiger partial charge on any atom is -0.131 e. The summed E-state index contributed by atoms with van der Waals surface area (Å²) in [5, 5.41) is 0. The Balaban J connectivity index is 3.12. The van der Waals surface area contributed by atoms with Gasteiger partial charge in [0.25, 0.3) is 0 Å². The molecule has 0 aliphatic carbocycles. The molecule has 0 aromatic heterocycles. The minimum atomic E-state index is 1.26. The van der Waals surface area contributed by atoms with Crippen molar-refractivity contribution in [3.05, 3.63) is 11.0 Å². The molecule has 0 aliphatic rings. The Morgan fingerprint density at radius 1 is 1.62 bits per heavy atom. The van der Waals surface area contributed by atoms with Crippen molar-refractivity contribution in [3.63, 3.8) is 0 Å². The topological polar surface area (TPSA) is 0 Å². The van der Waals surface area contributed by atoms with Crippen LogP contribution in [0.4, 0.5) is 0 Å². The largest absolute Gasteiger partial charge is 0.131 e. The van der Waals surface area contributed by atoms with E-state index in [2.05, 4.69) is 26.8 Å². The first-order valence-electron chi connectivity index (χ1n) is 3.07. The Kier molecular flexibility index (Phi) is 5.29. The summed E-state index contributed by atoms with van der Waals surface area (Å²) in [6.45, 7) is 6.44. The fourth-order valence-corrected chi connectivity index (χ4v) is 1.04. The van der Waals surface area contributed by atoms with Gasteiger partial charge in [-0.3, -0.25) is 0 Å². The summed E-state index contributed by atoms with van der Waals surface area (Å²) in [6, 6.07) is 0. The van der Waals surface area contributed by atoms with Gasteiger partial charge in [-0.15, -0.1) is 11.8 Å². The van der Waals surface area contributed by atoms with Crippen LogP contribution in [-0.2, 0) is 0 Å². The van der Waals surface area contributed by atoms with Crippen LogP contribution in [0.1, 0.15) is 27.2 Å². The highest BCUT2D eigenvalue weighted by Gasteiger charge is 1.84. The van der Waals surface area contributed by atoms with Gasteiger partial charge in [-0.05, 0) is 30.9 Å². The molecule has 0 N–H and O–H groups in total. The zero-order chi connectivity index (χ0) is 6.41. The lowest BCUT2D eigenvalue weighted by molar-refractivity contribution is 1.11. The molecule has 8 heavy (non-hydrogen) atoms. The molecule has 0 unspecified atom stereocenters. The summed E-state index contributed by atoms with van der Waals surface area (Å²) in [7, 11) is 0. The van der Waals surface area contributed by atoms with E-state index in [0.29, 0.717) is 0 Å². The third-order valence-corrected chi connectivity index (χ3v) is 2.24. The van der Waals surface area contributed by atoms with E-state index in [1.54, 1.807) is 0 Å². The highest BCUT2D eigenvalue weighted by atomic mass is 32.2. The second-order valence-electron chi connectivity index (χ2n) is 1.75. The van der Waals surface area contributed by atoms with Crippen LogP contribution in [0.5, 0.6) is 0 Å². The minimum absolute atomic E-state index is 1.26. The summed E-state index contributed by atoms with van der Waals surface area (Å²) in [5.41, 5.74) is 0. The monoisotopic (exact) mass is 130 g/mol. The second-order valence-corrected chi connectivity index (χ2v) is 3.09. The van der Waals surface area contributed by atoms with Crippen LogP contribution in [0.15, 0.2) is 11.0 Å². The van der Waals surface area contributed by atoms with Gasteiger partial charge >= 0.3 is 0 Å². The molecule has 0 atom stereocenters. The van der Waals surface area contributed by atoms with Gasteiger partial charge in [-0.25, -0.2) is 0 Å². The molecule has 0 radical (unpaired) electrons. The lowest BCUT2D eigenvalue weighted by Crippen LogP contribution is -1.72. The van der Waals surface area contributed by atoms with Gasteiger partial charge in [-0.1, -0.05) is 13.0 Å². The molecule has 0 fully saturated rings. The van der Waals surface area contributed by atoms with Crippen molar-refractivity contribution in [2.45, 2.75) is 27.2 Å². The van der Waals surface area contributed by atoms with Crippen LogP contribution in [0.3, 0.4) is 0 Å². The Labute approximate surface area is 56.4 Å². The normalized spacial score (nSPS) is 12.1. The Morgan fingerprint density at radius 2 is 2.25 bits per heavy atom. The van der Waals surface area contributed by atoms with Crippen LogP contribution >= 0.6 is 11.8 Å². The van der Waals surface area contributed by atoms with Crippen molar-refractivity contribution in [1.29, 1.82) is 0 Å². The molecular formula is C7H14S. The highest BCUT2D eigenvalue weighted by Crippen LogP contribution is 2.14. The zero-order valence-corrected chi connectivity index (χ0v) is 6.72. The Bertz CT molecular complexity index is 74.5.